The summed E-state index contributed by atoms with van der Waals surface area (Å²) in [5.74, 6) is -0.402. The maximum Gasteiger partial charge on any atom is 0.326 e. The molecule has 58 valence electrons. The molecule has 0 fully saturated rings. The zero-order valence-electron chi connectivity index (χ0n) is 6.55. The summed E-state index contributed by atoms with van der Waals surface area (Å²) in [4.78, 5) is 10.7. The van der Waals surface area contributed by atoms with Crippen LogP contribution in [0.3, 0.4) is 0 Å². The molecule has 1 atom stereocenters. The first kappa shape index (κ1) is 9.17. The molecule has 0 heterocycles. The highest BCUT2D eigenvalue weighted by Gasteiger charge is 2.08. The van der Waals surface area contributed by atoms with Gasteiger partial charge in [0.15, 0.2) is 0 Å². The van der Waals surface area contributed by atoms with E-state index in [-0.39, 0.29) is 0 Å². The summed E-state index contributed by atoms with van der Waals surface area (Å²) in [5.41, 5.74) is 6.39. The Kier molecular flexibility index (Phi) is 3.72. The second-order valence-corrected chi connectivity index (χ2v) is 2.29. The molecule has 0 aliphatic rings. The Morgan fingerprint density at radius 2 is 2.10 bits per heavy atom. The van der Waals surface area contributed by atoms with Gasteiger partial charge in [0.2, 0.25) is 0 Å². The van der Waals surface area contributed by atoms with Crippen molar-refractivity contribution in [1.82, 2.24) is 0 Å². The van der Waals surface area contributed by atoms with E-state index >= 15 is 0 Å². The number of esters is 1. The van der Waals surface area contributed by atoms with Crippen molar-refractivity contribution in [3.05, 3.63) is 11.6 Å². The molecule has 0 aromatic carbocycles. The lowest BCUT2D eigenvalue weighted by Gasteiger charge is -2.03. The molecule has 0 saturated carbocycles. The Morgan fingerprint density at radius 1 is 1.60 bits per heavy atom. The Morgan fingerprint density at radius 3 is 2.40 bits per heavy atom. The van der Waals surface area contributed by atoms with E-state index in [1.165, 1.54) is 7.11 Å². The van der Waals surface area contributed by atoms with Crippen LogP contribution in [0.5, 0.6) is 0 Å². The molecular formula is C7H13NO2. The van der Waals surface area contributed by atoms with Gasteiger partial charge in [-0.15, -0.1) is 0 Å². The van der Waals surface area contributed by atoms with E-state index in [4.69, 9.17) is 5.73 Å². The fourth-order valence-corrected chi connectivity index (χ4v) is 0.563. The summed E-state index contributed by atoms with van der Waals surface area (Å²) in [6.07, 6.45) is 1.66. The quantitative estimate of drug-likeness (QED) is 0.451. The lowest BCUT2D eigenvalue weighted by atomic mass is 10.2. The van der Waals surface area contributed by atoms with Gasteiger partial charge in [-0.05, 0) is 13.8 Å². The van der Waals surface area contributed by atoms with Gasteiger partial charge in [0.05, 0.1) is 7.11 Å². The monoisotopic (exact) mass is 143 g/mol. The first-order chi connectivity index (χ1) is 4.57. The molecule has 0 rings (SSSR count). The number of allylic oxidation sites excluding steroid dienone is 1. The average Bonchev–Trinajstić information content (AvgIpc) is 1.85. The van der Waals surface area contributed by atoms with Gasteiger partial charge in [-0.1, -0.05) is 11.6 Å². The SMILES string of the molecule is COC(=O)C(N)C=C(C)C. The van der Waals surface area contributed by atoms with Crippen LogP contribution in [0.2, 0.25) is 0 Å². The summed E-state index contributed by atoms with van der Waals surface area (Å²) >= 11 is 0. The van der Waals surface area contributed by atoms with Crippen LogP contribution < -0.4 is 5.73 Å². The molecule has 10 heavy (non-hydrogen) atoms. The van der Waals surface area contributed by atoms with Gasteiger partial charge in [-0.25, -0.2) is 0 Å². The van der Waals surface area contributed by atoms with Gasteiger partial charge in [-0.2, -0.15) is 0 Å². The van der Waals surface area contributed by atoms with E-state index < -0.39 is 12.0 Å². The number of nitrogens with two attached hydrogens (primary N) is 1. The van der Waals surface area contributed by atoms with Crippen LogP contribution in [-0.4, -0.2) is 19.1 Å². The summed E-state index contributed by atoms with van der Waals surface area (Å²) in [5, 5.41) is 0. The molecule has 0 amide bonds. The third-order valence-electron chi connectivity index (χ3n) is 0.986. The fourth-order valence-electron chi connectivity index (χ4n) is 0.563. The van der Waals surface area contributed by atoms with E-state index in [0.717, 1.165) is 5.57 Å². The molecular weight excluding hydrogens is 130 g/mol. The zero-order valence-corrected chi connectivity index (χ0v) is 6.55. The van der Waals surface area contributed by atoms with Crippen molar-refractivity contribution in [2.75, 3.05) is 7.11 Å². The Balaban J connectivity index is 3.96. The van der Waals surface area contributed by atoms with Crippen LogP contribution in [0.4, 0.5) is 0 Å². The van der Waals surface area contributed by atoms with Gasteiger partial charge in [0, 0.05) is 0 Å². The number of hydrogen-bond donors (Lipinski definition) is 1. The van der Waals surface area contributed by atoms with Crippen molar-refractivity contribution in [2.45, 2.75) is 19.9 Å². The topological polar surface area (TPSA) is 52.3 Å². The number of carbonyl (C=O) groups is 1. The van der Waals surface area contributed by atoms with Crippen LogP contribution in [0.1, 0.15) is 13.8 Å². The van der Waals surface area contributed by atoms with E-state index in [1.807, 2.05) is 13.8 Å². The standard InChI is InChI=1S/C7H13NO2/c1-5(2)4-6(8)7(9)10-3/h4,6H,8H2,1-3H3. The normalized spacial score (nSPS) is 12.0. The first-order valence-corrected chi connectivity index (χ1v) is 3.06. The number of ether oxygens (including phenoxy) is 1. The molecule has 1 unspecified atom stereocenters. The lowest BCUT2D eigenvalue weighted by Crippen LogP contribution is -2.29. The number of rotatable bonds is 2. The van der Waals surface area contributed by atoms with E-state index in [0.29, 0.717) is 0 Å². The van der Waals surface area contributed by atoms with E-state index in [2.05, 4.69) is 4.74 Å². The molecule has 0 aliphatic carbocycles. The molecule has 0 aromatic heterocycles. The van der Waals surface area contributed by atoms with Crippen LogP contribution in [0, 0.1) is 0 Å². The highest BCUT2D eigenvalue weighted by Crippen LogP contribution is 1.93. The van der Waals surface area contributed by atoms with Crippen LogP contribution in [-0.2, 0) is 9.53 Å². The van der Waals surface area contributed by atoms with Gasteiger partial charge in [0.25, 0.3) is 0 Å². The molecule has 0 aliphatic heterocycles. The molecule has 3 nitrogen and oxygen atoms in total. The van der Waals surface area contributed by atoms with Gasteiger partial charge < -0.3 is 10.5 Å². The first-order valence-electron chi connectivity index (χ1n) is 3.06. The van der Waals surface area contributed by atoms with Crippen molar-refractivity contribution in [3.63, 3.8) is 0 Å². The Labute approximate surface area is 60.9 Å². The minimum Gasteiger partial charge on any atom is -0.468 e. The lowest BCUT2D eigenvalue weighted by molar-refractivity contribution is -0.140. The largest absolute Gasteiger partial charge is 0.468 e. The van der Waals surface area contributed by atoms with E-state index in [1.54, 1.807) is 6.08 Å². The van der Waals surface area contributed by atoms with Gasteiger partial charge in [-0.3, -0.25) is 4.79 Å². The zero-order chi connectivity index (χ0) is 8.15. The second kappa shape index (κ2) is 4.06. The predicted molar refractivity (Wildman–Crippen MR) is 39.4 cm³/mol. The predicted octanol–water partition coefficient (Wildman–Crippen LogP) is 0.453. The number of carbonyl (C=O) groups excluding carboxylic acids is 1. The third kappa shape index (κ3) is 3.25. The van der Waals surface area contributed by atoms with Crippen molar-refractivity contribution in [1.29, 1.82) is 0 Å². The van der Waals surface area contributed by atoms with Crippen molar-refractivity contribution in [3.8, 4) is 0 Å². The number of methoxy groups -OCH3 is 1. The minimum absolute atomic E-state index is 0.402. The maximum absolute atomic E-state index is 10.7. The van der Waals surface area contributed by atoms with Crippen molar-refractivity contribution < 1.29 is 9.53 Å². The van der Waals surface area contributed by atoms with Crippen LogP contribution >= 0.6 is 0 Å². The third-order valence-corrected chi connectivity index (χ3v) is 0.986. The molecule has 0 saturated heterocycles. The highest BCUT2D eigenvalue weighted by atomic mass is 16.5. The molecule has 2 N–H and O–H groups in total. The Bertz CT molecular complexity index is 148. The fraction of sp³-hybridized carbons (Fsp3) is 0.571. The summed E-state index contributed by atoms with van der Waals surface area (Å²) < 4.78 is 4.40. The highest BCUT2D eigenvalue weighted by molar-refractivity contribution is 5.77. The molecule has 0 aromatic rings. The van der Waals surface area contributed by atoms with Crippen molar-refractivity contribution >= 4 is 5.97 Å². The molecule has 3 heteroatoms. The van der Waals surface area contributed by atoms with Gasteiger partial charge in [0.1, 0.15) is 6.04 Å². The van der Waals surface area contributed by atoms with Crippen LogP contribution in [0.15, 0.2) is 11.6 Å². The Hall–Kier alpha value is -0.830. The molecule has 0 spiro atoms. The number of hydrogen-bond acceptors (Lipinski definition) is 3. The molecule has 0 bridgehead atoms. The smallest absolute Gasteiger partial charge is 0.326 e. The summed E-state index contributed by atoms with van der Waals surface area (Å²) in [6.45, 7) is 3.76. The van der Waals surface area contributed by atoms with Crippen molar-refractivity contribution in [2.24, 2.45) is 5.73 Å². The minimum atomic E-state index is -0.616. The van der Waals surface area contributed by atoms with Gasteiger partial charge >= 0.3 is 5.97 Å². The summed E-state index contributed by atoms with van der Waals surface area (Å²) in [6, 6.07) is -0.616. The summed E-state index contributed by atoms with van der Waals surface area (Å²) in [7, 11) is 1.32. The average molecular weight is 143 g/mol. The van der Waals surface area contributed by atoms with E-state index in [9.17, 15) is 4.79 Å². The second-order valence-electron chi connectivity index (χ2n) is 2.29. The van der Waals surface area contributed by atoms with Crippen LogP contribution in [0.25, 0.3) is 0 Å². The molecule has 0 radical (unpaired) electrons. The maximum atomic E-state index is 10.7.